The van der Waals surface area contributed by atoms with Gasteiger partial charge in [-0.15, -0.1) is 0 Å². The number of rotatable bonds is 7. The standard InChI is InChI=1S/C24H20Cl3FN2O2/c1-30(14-18-19(26)8-5-9-21(18)28)24(32)22(12-15-6-3-2-4-7-15)29-23(31)17-11-10-16(25)13-20(17)27/h2-11,13,22H,12,14H2,1H3,(H,29,31)/t22-/m0/s1. The van der Waals surface area contributed by atoms with Crippen LogP contribution in [0.25, 0.3) is 0 Å². The lowest BCUT2D eigenvalue weighted by Crippen LogP contribution is -2.48. The van der Waals surface area contributed by atoms with Crippen molar-refractivity contribution in [1.82, 2.24) is 10.2 Å². The van der Waals surface area contributed by atoms with E-state index in [9.17, 15) is 14.0 Å². The summed E-state index contributed by atoms with van der Waals surface area (Å²) in [5.74, 6) is -1.42. The van der Waals surface area contributed by atoms with Crippen molar-refractivity contribution in [3.8, 4) is 0 Å². The largest absolute Gasteiger partial charge is 0.340 e. The third-order valence-electron chi connectivity index (χ3n) is 4.90. The number of halogens is 4. The van der Waals surface area contributed by atoms with Crippen molar-refractivity contribution in [2.75, 3.05) is 7.05 Å². The van der Waals surface area contributed by atoms with Gasteiger partial charge in [0, 0.05) is 35.6 Å². The molecule has 1 N–H and O–H groups in total. The molecule has 0 unspecified atom stereocenters. The predicted octanol–water partition coefficient (Wildman–Crippen LogP) is 5.79. The molecule has 0 aliphatic rings. The first kappa shape index (κ1) is 24.1. The van der Waals surface area contributed by atoms with Crippen LogP contribution in [0, 0.1) is 5.82 Å². The number of carbonyl (C=O) groups is 2. The maximum atomic E-state index is 14.2. The van der Waals surface area contributed by atoms with E-state index in [4.69, 9.17) is 34.8 Å². The minimum absolute atomic E-state index is 0.0484. The average molecular weight is 494 g/mol. The SMILES string of the molecule is CN(Cc1c(F)cccc1Cl)C(=O)[C@H](Cc1ccccc1)NC(=O)c1ccc(Cl)cc1Cl. The molecule has 0 saturated heterocycles. The summed E-state index contributed by atoms with van der Waals surface area (Å²) in [4.78, 5) is 27.5. The van der Waals surface area contributed by atoms with Gasteiger partial charge in [-0.05, 0) is 35.9 Å². The highest BCUT2D eigenvalue weighted by molar-refractivity contribution is 6.36. The summed E-state index contributed by atoms with van der Waals surface area (Å²) in [7, 11) is 1.53. The third-order valence-corrected chi connectivity index (χ3v) is 5.80. The highest BCUT2D eigenvalue weighted by atomic mass is 35.5. The van der Waals surface area contributed by atoms with E-state index >= 15 is 0 Å². The second-order valence-electron chi connectivity index (χ2n) is 7.23. The lowest BCUT2D eigenvalue weighted by molar-refractivity contribution is -0.132. The van der Waals surface area contributed by atoms with E-state index in [0.717, 1.165) is 5.56 Å². The molecule has 166 valence electrons. The number of hydrogen-bond acceptors (Lipinski definition) is 2. The van der Waals surface area contributed by atoms with Crippen molar-refractivity contribution in [2.24, 2.45) is 0 Å². The lowest BCUT2D eigenvalue weighted by Gasteiger charge is -2.25. The molecule has 3 aromatic rings. The Morgan fingerprint density at radius 3 is 2.34 bits per heavy atom. The van der Waals surface area contributed by atoms with Gasteiger partial charge in [0.2, 0.25) is 5.91 Å². The molecule has 0 radical (unpaired) electrons. The summed E-state index contributed by atoms with van der Waals surface area (Å²) in [6, 6.07) is 17.2. The number of likely N-dealkylation sites (N-methyl/N-ethyl adjacent to an activating group) is 1. The van der Waals surface area contributed by atoms with Gasteiger partial charge in [0.1, 0.15) is 11.9 Å². The number of amides is 2. The van der Waals surface area contributed by atoms with E-state index in [1.54, 1.807) is 12.1 Å². The number of nitrogens with zero attached hydrogens (tertiary/aromatic N) is 1. The molecule has 0 heterocycles. The van der Waals surface area contributed by atoms with Crippen molar-refractivity contribution < 1.29 is 14.0 Å². The maximum absolute atomic E-state index is 14.2. The molecular formula is C24H20Cl3FN2O2. The molecule has 0 saturated carbocycles. The van der Waals surface area contributed by atoms with Crippen LogP contribution in [-0.4, -0.2) is 29.8 Å². The predicted molar refractivity (Wildman–Crippen MR) is 126 cm³/mol. The smallest absolute Gasteiger partial charge is 0.253 e. The Morgan fingerprint density at radius 2 is 1.69 bits per heavy atom. The molecule has 3 rings (SSSR count). The van der Waals surface area contributed by atoms with Crippen LogP contribution in [0.15, 0.2) is 66.7 Å². The number of nitrogens with one attached hydrogen (secondary N) is 1. The Balaban J connectivity index is 1.84. The highest BCUT2D eigenvalue weighted by Gasteiger charge is 2.26. The molecule has 2 amide bonds. The van der Waals surface area contributed by atoms with Crippen LogP contribution in [0.5, 0.6) is 0 Å². The minimum atomic E-state index is -0.910. The molecule has 0 fully saturated rings. The van der Waals surface area contributed by atoms with Gasteiger partial charge in [0.15, 0.2) is 0 Å². The van der Waals surface area contributed by atoms with Crippen LogP contribution < -0.4 is 5.32 Å². The van der Waals surface area contributed by atoms with Crippen LogP contribution in [0.4, 0.5) is 4.39 Å². The third kappa shape index (κ3) is 6.00. The topological polar surface area (TPSA) is 49.4 Å². The Bertz CT molecular complexity index is 1110. The quantitative estimate of drug-likeness (QED) is 0.453. The van der Waals surface area contributed by atoms with Crippen molar-refractivity contribution in [1.29, 1.82) is 0 Å². The number of hydrogen-bond donors (Lipinski definition) is 1. The van der Waals surface area contributed by atoms with Crippen LogP contribution in [0.1, 0.15) is 21.5 Å². The van der Waals surface area contributed by atoms with Crippen molar-refractivity contribution in [3.05, 3.63) is 104 Å². The van der Waals surface area contributed by atoms with Gasteiger partial charge in [-0.25, -0.2) is 4.39 Å². The van der Waals surface area contributed by atoms with E-state index in [2.05, 4.69) is 5.32 Å². The van der Waals surface area contributed by atoms with Gasteiger partial charge < -0.3 is 10.2 Å². The first-order valence-electron chi connectivity index (χ1n) is 9.74. The fourth-order valence-corrected chi connectivity index (χ4v) is 3.94. The molecule has 1 atom stereocenters. The summed E-state index contributed by atoms with van der Waals surface area (Å²) < 4.78 is 14.2. The summed E-state index contributed by atoms with van der Waals surface area (Å²) >= 11 is 18.2. The van der Waals surface area contributed by atoms with E-state index in [-0.39, 0.29) is 34.1 Å². The Hall–Kier alpha value is -2.60. The van der Waals surface area contributed by atoms with Gasteiger partial charge in [-0.1, -0.05) is 71.2 Å². The fraction of sp³-hybridized carbons (Fsp3) is 0.167. The van der Waals surface area contributed by atoms with Crippen molar-refractivity contribution in [3.63, 3.8) is 0 Å². The molecule has 0 spiro atoms. The van der Waals surface area contributed by atoms with E-state index in [1.807, 2.05) is 30.3 Å². The van der Waals surface area contributed by atoms with E-state index in [1.165, 1.54) is 36.2 Å². The summed E-state index contributed by atoms with van der Waals surface area (Å²) in [6.45, 7) is -0.0484. The normalized spacial score (nSPS) is 11.7. The summed E-state index contributed by atoms with van der Waals surface area (Å²) in [6.07, 6.45) is 0.242. The minimum Gasteiger partial charge on any atom is -0.340 e. The van der Waals surface area contributed by atoms with E-state index in [0.29, 0.717) is 5.02 Å². The zero-order chi connectivity index (χ0) is 23.3. The molecular weight excluding hydrogens is 474 g/mol. The van der Waals surface area contributed by atoms with E-state index < -0.39 is 23.7 Å². The molecule has 0 bridgehead atoms. The first-order valence-corrected chi connectivity index (χ1v) is 10.9. The highest BCUT2D eigenvalue weighted by Crippen LogP contribution is 2.22. The van der Waals surface area contributed by atoms with Gasteiger partial charge >= 0.3 is 0 Å². The van der Waals surface area contributed by atoms with Crippen LogP contribution >= 0.6 is 34.8 Å². The zero-order valence-corrected chi connectivity index (χ0v) is 19.4. The van der Waals surface area contributed by atoms with Gasteiger partial charge in [-0.2, -0.15) is 0 Å². The molecule has 3 aromatic carbocycles. The monoisotopic (exact) mass is 492 g/mol. The number of carbonyl (C=O) groups excluding carboxylic acids is 2. The molecule has 8 heteroatoms. The van der Waals surface area contributed by atoms with Crippen molar-refractivity contribution >= 4 is 46.6 Å². The van der Waals surface area contributed by atoms with Gasteiger partial charge in [0.05, 0.1) is 10.6 Å². The molecule has 0 aliphatic heterocycles. The van der Waals surface area contributed by atoms with Crippen LogP contribution in [-0.2, 0) is 17.8 Å². The lowest BCUT2D eigenvalue weighted by atomic mass is 10.0. The second kappa shape index (κ2) is 10.8. The van der Waals surface area contributed by atoms with Gasteiger partial charge in [-0.3, -0.25) is 9.59 Å². The van der Waals surface area contributed by atoms with Crippen LogP contribution in [0.3, 0.4) is 0 Å². The summed E-state index contributed by atoms with van der Waals surface area (Å²) in [5.41, 5.74) is 1.25. The maximum Gasteiger partial charge on any atom is 0.253 e. The van der Waals surface area contributed by atoms with Gasteiger partial charge in [0.25, 0.3) is 5.91 Å². The molecule has 32 heavy (non-hydrogen) atoms. The Morgan fingerprint density at radius 1 is 0.969 bits per heavy atom. The Labute approximate surface area is 200 Å². The van der Waals surface area contributed by atoms with Crippen molar-refractivity contribution in [2.45, 2.75) is 19.0 Å². The molecule has 0 aliphatic carbocycles. The van der Waals surface area contributed by atoms with Crippen LogP contribution in [0.2, 0.25) is 15.1 Å². The second-order valence-corrected chi connectivity index (χ2v) is 8.49. The Kier molecular flexibility index (Phi) is 8.13. The fourth-order valence-electron chi connectivity index (χ4n) is 3.22. The summed E-state index contributed by atoms with van der Waals surface area (Å²) in [5, 5.41) is 3.54. The molecule has 4 nitrogen and oxygen atoms in total. The molecule has 0 aromatic heterocycles. The number of benzene rings is 3. The zero-order valence-electron chi connectivity index (χ0n) is 17.1. The average Bonchev–Trinajstić information content (AvgIpc) is 2.76. The first-order chi connectivity index (χ1) is 15.3.